The van der Waals surface area contributed by atoms with E-state index in [1.807, 2.05) is 26.8 Å². The van der Waals surface area contributed by atoms with Crippen molar-refractivity contribution in [3.05, 3.63) is 29.3 Å². The summed E-state index contributed by atoms with van der Waals surface area (Å²) in [5, 5.41) is 0. The molecule has 1 aromatic carbocycles. The van der Waals surface area contributed by atoms with Crippen LogP contribution in [0.4, 0.5) is 10.5 Å². The maximum Gasteiger partial charge on any atom is 0.410 e. The first-order chi connectivity index (χ1) is 11.7. The van der Waals surface area contributed by atoms with Gasteiger partial charge in [-0.25, -0.2) is 4.79 Å². The molecule has 0 unspecified atom stereocenters. The Labute approximate surface area is 148 Å². The molecule has 0 saturated carbocycles. The summed E-state index contributed by atoms with van der Waals surface area (Å²) in [7, 11) is 0. The van der Waals surface area contributed by atoms with E-state index in [0.29, 0.717) is 26.1 Å². The summed E-state index contributed by atoms with van der Waals surface area (Å²) >= 11 is 0. The number of anilines is 1. The summed E-state index contributed by atoms with van der Waals surface area (Å²) in [6, 6.07) is 5.74. The Morgan fingerprint density at radius 2 is 1.84 bits per heavy atom. The molecule has 2 heterocycles. The number of carbonyl (C=O) groups excluding carboxylic acids is 2. The van der Waals surface area contributed by atoms with Crippen molar-refractivity contribution in [2.24, 2.45) is 5.73 Å². The number of hydrogen-bond acceptors (Lipinski definition) is 4. The van der Waals surface area contributed by atoms with Gasteiger partial charge in [0.2, 0.25) is 5.91 Å². The zero-order chi connectivity index (χ0) is 18.2. The van der Waals surface area contributed by atoms with Gasteiger partial charge in [0.05, 0.1) is 6.04 Å². The summed E-state index contributed by atoms with van der Waals surface area (Å²) < 4.78 is 5.48. The number of rotatable bonds is 1. The molecule has 1 saturated heterocycles. The Hall–Kier alpha value is -2.08. The van der Waals surface area contributed by atoms with Gasteiger partial charge in [0.1, 0.15) is 5.60 Å². The van der Waals surface area contributed by atoms with E-state index in [1.165, 1.54) is 11.1 Å². The van der Waals surface area contributed by atoms with Gasteiger partial charge in [-0.15, -0.1) is 0 Å². The van der Waals surface area contributed by atoms with Crippen molar-refractivity contribution in [3.8, 4) is 0 Å². The van der Waals surface area contributed by atoms with Gasteiger partial charge in [-0.1, -0.05) is 6.07 Å². The van der Waals surface area contributed by atoms with Crippen molar-refractivity contribution in [1.29, 1.82) is 0 Å². The van der Waals surface area contributed by atoms with Gasteiger partial charge in [-0.3, -0.25) is 4.79 Å². The molecule has 3 rings (SSSR count). The zero-order valence-corrected chi connectivity index (χ0v) is 15.2. The van der Waals surface area contributed by atoms with E-state index < -0.39 is 5.60 Å². The molecule has 6 nitrogen and oxygen atoms in total. The molecule has 6 heteroatoms. The Balaban J connectivity index is 1.72. The third-order valence-electron chi connectivity index (χ3n) is 4.70. The molecular weight excluding hydrogens is 318 g/mol. The molecule has 1 fully saturated rings. The highest BCUT2D eigenvalue weighted by molar-refractivity contribution is 5.99. The maximum absolute atomic E-state index is 12.3. The molecule has 0 aromatic heterocycles. The van der Waals surface area contributed by atoms with E-state index in [1.54, 1.807) is 9.80 Å². The van der Waals surface area contributed by atoms with Gasteiger partial charge in [0.15, 0.2) is 0 Å². The van der Waals surface area contributed by atoms with Crippen molar-refractivity contribution in [2.75, 3.05) is 24.5 Å². The smallest absolute Gasteiger partial charge is 0.410 e. The number of nitrogens with zero attached hydrogens (tertiary/aromatic N) is 2. The fraction of sp³-hybridized carbons (Fsp3) is 0.579. The van der Waals surface area contributed by atoms with Crippen LogP contribution in [0, 0.1) is 0 Å². The van der Waals surface area contributed by atoms with Crippen molar-refractivity contribution >= 4 is 17.7 Å². The molecule has 0 radical (unpaired) electrons. The molecule has 0 bridgehead atoms. The lowest BCUT2D eigenvalue weighted by molar-refractivity contribution is -0.118. The molecule has 1 atom stereocenters. The summed E-state index contributed by atoms with van der Waals surface area (Å²) in [6.07, 6.45) is 1.99. The summed E-state index contributed by atoms with van der Waals surface area (Å²) in [6.45, 7) is 7.57. The minimum absolute atomic E-state index is 0.0102. The van der Waals surface area contributed by atoms with Crippen molar-refractivity contribution < 1.29 is 14.3 Å². The van der Waals surface area contributed by atoms with Crippen LogP contribution in [0.15, 0.2) is 18.2 Å². The second kappa shape index (κ2) is 6.67. The van der Waals surface area contributed by atoms with Crippen molar-refractivity contribution in [1.82, 2.24) is 4.90 Å². The predicted octanol–water partition coefficient (Wildman–Crippen LogP) is 2.09. The van der Waals surface area contributed by atoms with Crippen LogP contribution in [0.2, 0.25) is 0 Å². The third-order valence-corrected chi connectivity index (χ3v) is 4.70. The predicted molar refractivity (Wildman–Crippen MR) is 96.6 cm³/mol. The molecule has 1 aromatic rings. The van der Waals surface area contributed by atoms with Crippen molar-refractivity contribution in [2.45, 2.75) is 51.7 Å². The van der Waals surface area contributed by atoms with E-state index in [0.717, 1.165) is 18.5 Å². The molecule has 136 valence electrons. The van der Waals surface area contributed by atoms with Crippen LogP contribution in [-0.2, 0) is 22.4 Å². The molecule has 2 aliphatic heterocycles. The van der Waals surface area contributed by atoms with Gasteiger partial charge in [0.25, 0.3) is 0 Å². The number of benzene rings is 1. The quantitative estimate of drug-likeness (QED) is 0.845. The second-order valence-electron chi connectivity index (χ2n) is 7.81. The molecule has 25 heavy (non-hydrogen) atoms. The van der Waals surface area contributed by atoms with E-state index >= 15 is 0 Å². The van der Waals surface area contributed by atoms with Crippen LogP contribution in [0.25, 0.3) is 0 Å². The topological polar surface area (TPSA) is 75.9 Å². The minimum Gasteiger partial charge on any atom is -0.444 e. The highest BCUT2D eigenvalue weighted by Crippen LogP contribution is 2.26. The van der Waals surface area contributed by atoms with Crippen LogP contribution in [0.3, 0.4) is 0 Å². The zero-order valence-electron chi connectivity index (χ0n) is 15.2. The monoisotopic (exact) mass is 345 g/mol. The van der Waals surface area contributed by atoms with Gasteiger partial charge in [-0.05, 0) is 63.3 Å². The van der Waals surface area contributed by atoms with Crippen LogP contribution < -0.4 is 10.6 Å². The highest BCUT2D eigenvalue weighted by Gasteiger charge is 2.30. The molecule has 0 aliphatic carbocycles. The Bertz CT molecular complexity index is 681. The fourth-order valence-corrected chi connectivity index (χ4v) is 3.35. The number of carbonyl (C=O) groups is 2. The van der Waals surface area contributed by atoms with Crippen LogP contribution in [0.1, 0.15) is 38.3 Å². The normalized spacial score (nSPS) is 21.1. The van der Waals surface area contributed by atoms with Gasteiger partial charge in [-0.2, -0.15) is 0 Å². The Morgan fingerprint density at radius 3 is 2.44 bits per heavy atom. The first-order valence-electron chi connectivity index (χ1n) is 8.91. The van der Waals surface area contributed by atoms with E-state index in [2.05, 4.69) is 12.1 Å². The maximum atomic E-state index is 12.3. The Morgan fingerprint density at radius 1 is 1.16 bits per heavy atom. The average Bonchev–Trinajstić information content (AvgIpc) is 2.74. The minimum atomic E-state index is -0.488. The molecule has 0 spiro atoms. The lowest BCUT2D eigenvalue weighted by atomic mass is 10.0. The van der Waals surface area contributed by atoms with E-state index in [4.69, 9.17) is 10.5 Å². The largest absolute Gasteiger partial charge is 0.444 e. The van der Waals surface area contributed by atoms with E-state index in [-0.39, 0.29) is 18.0 Å². The summed E-state index contributed by atoms with van der Waals surface area (Å²) in [5.74, 6) is -0.0102. The molecule has 2 aliphatic rings. The lowest BCUT2D eigenvalue weighted by Crippen LogP contribution is -2.38. The average molecular weight is 345 g/mol. The standard InChI is InChI=1S/C19H27N3O3/c1-19(2,3)25-18(24)21-9-6-13-4-5-15(12-14(13)7-10-21)22-11-8-16(20)17(22)23/h4-5,12,16H,6-11,20H2,1-3H3/t16-/m0/s1. The molecule has 2 N–H and O–H groups in total. The third kappa shape index (κ3) is 3.95. The van der Waals surface area contributed by atoms with Crippen LogP contribution >= 0.6 is 0 Å². The summed E-state index contributed by atoms with van der Waals surface area (Å²) in [5.41, 5.74) is 8.66. The van der Waals surface area contributed by atoms with Crippen LogP contribution in [0.5, 0.6) is 0 Å². The van der Waals surface area contributed by atoms with Gasteiger partial charge < -0.3 is 20.3 Å². The highest BCUT2D eigenvalue weighted by atomic mass is 16.6. The number of fused-ring (bicyclic) bond motifs is 1. The second-order valence-corrected chi connectivity index (χ2v) is 7.81. The van der Waals surface area contributed by atoms with Crippen molar-refractivity contribution in [3.63, 3.8) is 0 Å². The lowest BCUT2D eigenvalue weighted by Gasteiger charge is -2.26. The number of hydrogen-bond donors (Lipinski definition) is 1. The van der Waals surface area contributed by atoms with Crippen LogP contribution in [-0.4, -0.2) is 48.2 Å². The van der Waals surface area contributed by atoms with Gasteiger partial charge in [0, 0.05) is 25.3 Å². The summed E-state index contributed by atoms with van der Waals surface area (Å²) in [4.78, 5) is 28.0. The fourth-order valence-electron chi connectivity index (χ4n) is 3.35. The molecule has 2 amide bonds. The van der Waals surface area contributed by atoms with Gasteiger partial charge >= 0.3 is 6.09 Å². The van der Waals surface area contributed by atoms with E-state index in [9.17, 15) is 9.59 Å². The number of nitrogens with two attached hydrogens (primary N) is 1. The first kappa shape index (κ1) is 17.7. The molecular formula is C19H27N3O3. The first-order valence-corrected chi connectivity index (χ1v) is 8.91. The number of ether oxygens (including phenoxy) is 1. The number of amides is 2. The Kier molecular flexibility index (Phi) is 4.73. The SMILES string of the molecule is CC(C)(C)OC(=O)N1CCc2ccc(N3CC[C@H](N)C3=O)cc2CC1.